The smallest absolute Gasteiger partial charge is 0.355 e. The van der Waals surface area contributed by atoms with Crippen LogP contribution in [0, 0.1) is 11.8 Å². The number of urea groups is 1. The van der Waals surface area contributed by atoms with E-state index in [9.17, 15) is 19.5 Å². The molecular weight excluding hydrogens is 314 g/mol. The van der Waals surface area contributed by atoms with Crippen LogP contribution < -0.4 is 5.73 Å². The standard InChI is InChI=1S/C16H21N3O5/c1-3-6-24-15(22)13-10-7-18(16(17)23)5-4-9(10)12-11(8(2)20)14(21)19(12)13/h3,8-9,11-12,20H,1,4-7H2,2H3,(H2,17,23)/t8-,9+,11-,12-/m1/s1. The van der Waals surface area contributed by atoms with Crippen LogP contribution in [0.3, 0.4) is 0 Å². The summed E-state index contributed by atoms with van der Waals surface area (Å²) in [5, 5.41) is 9.91. The van der Waals surface area contributed by atoms with E-state index in [-0.39, 0.29) is 36.7 Å². The molecule has 2 saturated heterocycles. The molecule has 3 N–H and O–H groups in total. The zero-order valence-electron chi connectivity index (χ0n) is 13.5. The lowest BCUT2D eigenvalue weighted by Gasteiger charge is -2.47. The third-order valence-corrected chi connectivity index (χ3v) is 5.02. The minimum atomic E-state index is -0.794. The molecule has 24 heavy (non-hydrogen) atoms. The molecule has 3 aliphatic rings. The molecule has 3 rings (SSSR count). The predicted octanol–water partition coefficient (Wildman–Crippen LogP) is -0.408. The highest BCUT2D eigenvalue weighted by Crippen LogP contribution is 2.50. The maximum atomic E-state index is 12.4. The van der Waals surface area contributed by atoms with Crippen molar-refractivity contribution >= 4 is 17.9 Å². The molecule has 2 fully saturated rings. The molecule has 3 amide bonds. The summed E-state index contributed by atoms with van der Waals surface area (Å²) in [5.74, 6) is -1.49. The highest BCUT2D eigenvalue weighted by Gasteiger charge is 2.61. The number of nitrogens with two attached hydrogens (primary N) is 1. The van der Waals surface area contributed by atoms with Gasteiger partial charge in [-0.05, 0) is 18.9 Å². The number of carbonyl (C=O) groups is 3. The Bertz CT molecular complexity index is 642. The number of aliphatic hydroxyl groups is 1. The Hall–Kier alpha value is -2.35. The Labute approximate surface area is 139 Å². The average molecular weight is 335 g/mol. The van der Waals surface area contributed by atoms with Gasteiger partial charge in [-0.3, -0.25) is 4.79 Å². The van der Waals surface area contributed by atoms with E-state index in [4.69, 9.17) is 10.5 Å². The molecule has 0 aromatic carbocycles. The second-order valence-electron chi connectivity index (χ2n) is 6.38. The van der Waals surface area contributed by atoms with E-state index in [1.54, 1.807) is 6.92 Å². The van der Waals surface area contributed by atoms with Crippen LogP contribution in [0.15, 0.2) is 23.9 Å². The molecule has 0 bridgehead atoms. The molecule has 3 heterocycles. The Morgan fingerprint density at radius 3 is 2.83 bits per heavy atom. The van der Waals surface area contributed by atoms with Crippen LogP contribution in [0.2, 0.25) is 0 Å². The normalized spacial score (nSPS) is 29.6. The number of hydrogen-bond donors (Lipinski definition) is 2. The molecule has 8 heteroatoms. The highest BCUT2D eigenvalue weighted by molar-refractivity contribution is 6.01. The van der Waals surface area contributed by atoms with Crippen molar-refractivity contribution in [2.75, 3.05) is 19.7 Å². The van der Waals surface area contributed by atoms with Crippen molar-refractivity contribution in [1.29, 1.82) is 0 Å². The Kier molecular flexibility index (Phi) is 4.08. The van der Waals surface area contributed by atoms with Crippen LogP contribution >= 0.6 is 0 Å². The molecule has 0 aromatic rings. The van der Waals surface area contributed by atoms with Gasteiger partial charge in [0.1, 0.15) is 12.3 Å². The number of likely N-dealkylation sites (tertiary alicyclic amines) is 1. The van der Waals surface area contributed by atoms with Crippen molar-refractivity contribution in [3.8, 4) is 0 Å². The summed E-state index contributed by atoms with van der Waals surface area (Å²) < 4.78 is 5.11. The number of primary amides is 1. The lowest BCUT2D eigenvalue weighted by molar-refractivity contribution is -0.164. The SMILES string of the molecule is C=CCOC(=O)C1=C2CN(C(N)=O)CC[C@@H]2[C@@H]2[C@@H]([C@@H](C)O)C(=O)N12. The first-order valence-electron chi connectivity index (χ1n) is 7.95. The minimum Gasteiger partial charge on any atom is -0.457 e. The van der Waals surface area contributed by atoms with Gasteiger partial charge >= 0.3 is 12.0 Å². The van der Waals surface area contributed by atoms with Crippen LogP contribution in [-0.2, 0) is 14.3 Å². The first-order chi connectivity index (χ1) is 11.4. The minimum absolute atomic E-state index is 0.0341. The fourth-order valence-corrected chi connectivity index (χ4v) is 3.99. The molecule has 0 aromatic heterocycles. The van der Waals surface area contributed by atoms with Crippen molar-refractivity contribution in [2.45, 2.75) is 25.5 Å². The van der Waals surface area contributed by atoms with Gasteiger partial charge in [-0.1, -0.05) is 12.7 Å². The predicted molar refractivity (Wildman–Crippen MR) is 83.3 cm³/mol. The number of carbonyl (C=O) groups excluding carboxylic acids is 3. The van der Waals surface area contributed by atoms with E-state index in [1.165, 1.54) is 15.9 Å². The average Bonchev–Trinajstić information content (AvgIpc) is 2.82. The van der Waals surface area contributed by atoms with Gasteiger partial charge in [0.2, 0.25) is 5.91 Å². The molecule has 0 aliphatic carbocycles. The van der Waals surface area contributed by atoms with Crippen molar-refractivity contribution in [2.24, 2.45) is 17.6 Å². The molecule has 0 spiro atoms. The van der Waals surface area contributed by atoms with Gasteiger partial charge in [0.15, 0.2) is 0 Å². The summed E-state index contributed by atoms with van der Waals surface area (Å²) >= 11 is 0. The van der Waals surface area contributed by atoms with Gasteiger partial charge in [-0.2, -0.15) is 0 Å². The first kappa shape index (κ1) is 16.5. The molecule has 0 saturated carbocycles. The Morgan fingerprint density at radius 2 is 2.25 bits per heavy atom. The summed E-state index contributed by atoms with van der Waals surface area (Å²) in [5.41, 5.74) is 6.24. The summed E-state index contributed by atoms with van der Waals surface area (Å²) in [6, 6.07) is -0.818. The maximum Gasteiger partial charge on any atom is 0.355 e. The summed E-state index contributed by atoms with van der Waals surface area (Å²) in [7, 11) is 0. The van der Waals surface area contributed by atoms with E-state index in [1.807, 2.05) is 0 Å². The van der Waals surface area contributed by atoms with Crippen molar-refractivity contribution in [1.82, 2.24) is 9.80 Å². The lowest BCUT2D eigenvalue weighted by Crippen LogP contribution is -2.64. The number of hydrogen-bond acceptors (Lipinski definition) is 5. The second-order valence-corrected chi connectivity index (χ2v) is 6.38. The third kappa shape index (κ3) is 2.29. The highest BCUT2D eigenvalue weighted by atomic mass is 16.5. The van der Waals surface area contributed by atoms with Crippen LogP contribution in [0.4, 0.5) is 4.79 Å². The first-order valence-corrected chi connectivity index (χ1v) is 7.95. The number of fused-ring (bicyclic) bond motifs is 3. The van der Waals surface area contributed by atoms with Crippen molar-refractivity contribution in [3.63, 3.8) is 0 Å². The van der Waals surface area contributed by atoms with Gasteiger partial charge in [0.25, 0.3) is 0 Å². The number of piperidine rings is 1. The van der Waals surface area contributed by atoms with E-state index in [2.05, 4.69) is 6.58 Å². The van der Waals surface area contributed by atoms with E-state index in [0.29, 0.717) is 18.5 Å². The van der Waals surface area contributed by atoms with Gasteiger partial charge in [0, 0.05) is 19.0 Å². The fraction of sp³-hybridized carbons (Fsp3) is 0.562. The fourth-order valence-electron chi connectivity index (χ4n) is 3.99. The topological polar surface area (TPSA) is 113 Å². The van der Waals surface area contributed by atoms with Crippen LogP contribution in [0.5, 0.6) is 0 Å². The number of aliphatic hydroxyl groups excluding tert-OH is 1. The van der Waals surface area contributed by atoms with Crippen molar-refractivity contribution in [3.05, 3.63) is 23.9 Å². The van der Waals surface area contributed by atoms with Gasteiger partial charge < -0.3 is 25.4 Å². The summed E-state index contributed by atoms with van der Waals surface area (Å²) in [6.45, 7) is 5.77. The molecule has 3 aliphatic heterocycles. The molecule has 4 atom stereocenters. The van der Waals surface area contributed by atoms with Gasteiger partial charge in [-0.15, -0.1) is 0 Å². The van der Waals surface area contributed by atoms with E-state index in [0.717, 1.165) is 0 Å². The molecule has 0 unspecified atom stereocenters. The monoisotopic (exact) mass is 335 g/mol. The van der Waals surface area contributed by atoms with Crippen LogP contribution in [0.25, 0.3) is 0 Å². The lowest BCUT2D eigenvalue weighted by atomic mass is 9.74. The van der Waals surface area contributed by atoms with Crippen LogP contribution in [0.1, 0.15) is 13.3 Å². The summed E-state index contributed by atoms with van der Waals surface area (Å²) in [4.78, 5) is 39.2. The third-order valence-electron chi connectivity index (χ3n) is 5.02. The van der Waals surface area contributed by atoms with E-state index >= 15 is 0 Å². The largest absolute Gasteiger partial charge is 0.457 e. The van der Waals surface area contributed by atoms with Crippen molar-refractivity contribution < 1.29 is 24.2 Å². The molecule has 8 nitrogen and oxygen atoms in total. The van der Waals surface area contributed by atoms with E-state index < -0.39 is 24.0 Å². The number of β-lactam (4-membered cyclic amide) rings is 1. The summed E-state index contributed by atoms with van der Waals surface area (Å²) in [6.07, 6.45) is 1.24. The second kappa shape index (κ2) is 5.94. The number of amides is 3. The molecular formula is C16H21N3O5. The van der Waals surface area contributed by atoms with Gasteiger partial charge in [0.05, 0.1) is 18.1 Å². The molecule has 130 valence electrons. The number of rotatable bonds is 4. The van der Waals surface area contributed by atoms with Crippen LogP contribution in [-0.4, -0.2) is 64.7 Å². The number of esters is 1. The zero-order chi connectivity index (χ0) is 17.6. The maximum absolute atomic E-state index is 12.4. The zero-order valence-corrected chi connectivity index (χ0v) is 13.5. The Morgan fingerprint density at radius 1 is 1.54 bits per heavy atom. The number of ether oxygens (including phenoxy) is 1. The quantitative estimate of drug-likeness (QED) is 0.412. The van der Waals surface area contributed by atoms with Gasteiger partial charge in [-0.25, -0.2) is 9.59 Å². The molecule has 0 radical (unpaired) electrons. The number of nitrogens with zero attached hydrogens (tertiary/aromatic N) is 2. The Balaban J connectivity index is 1.95.